The van der Waals surface area contributed by atoms with E-state index in [1.54, 1.807) is 0 Å². The first-order valence-corrected chi connectivity index (χ1v) is 6.40. The van der Waals surface area contributed by atoms with Crippen molar-refractivity contribution in [1.82, 2.24) is 10.3 Å². The van der Waals surface area contributed by atoms with Crippen LogP contribution in [0.1, 0.15) is 16.9 Å². The summed E-state index contributed by atoms with van der Waals surface area (Å²) in [7, 11) is 0. The molecule has 0 saturated carbocycles. The smallest absolute Gasteiger partial charge is 0.134 e. The van der Waals surface area contributed by atoms with Crippen molar-refractivity contribution in [3.8, 4) is 0 Å². The second-order valence-electron chi connectivity index (χ2n) is 4.66. The summed E-state index contributed by atoms with van der Waals surface area (Å²) < 4.78 is 5.76. The highest BCUT2D eigenvalue weighted by atomic mass is 16.3. The fraction of sp³-hybridized carbons (Fsp3) is 0.188. The molecule has 0 fully saturated rings. The topological polar surface area (TPSA) is 38.1 Å². The van der Waals surface area contributed by atoms with Gasteiger partial charge in [-0.1, -0.05) is 18.2 Å². The van der Waals surface area contributed by atoms with Crippen LogP contribution in [0.15, 0.2) is 53.2 Å². The predicted molar refractivity (Wildman–Crippen MR) is 75.7 cm³/mol. The minimum absolute atomic E-state index is 0.733. The summed E-state index contributed by atoms with van der Waals surface area (Å²) in [6, 6.07) is 12.2. The first-order chi connectivity index (χ1) is 9.33. The van der Waals surface area contributed by atoms with Gasteiger partial charge in [-0.3, -0.25) is 4.98 Å². The van der Waals surface area contributed by atoms with Crippen molar-refractivity contribution >= 4 is 11.0 Å². The molecule has 2 heterocycles. The maximum absolute atomic E-state index is 5.76. The van der Waals surface area contributed by atoms with Crippen molar-refractivity contribution in [2.24, 2.45) is 0 Å². The van der Waals surface area contributed by atoms with E-state index in [-0.39, 0.29) is 0 Å². The number of aryl methyl sites for hydroxylation is 1. The van der Waals surface area contributed by atoms with Crippen molar-refractivity contribution in [3.63, 3.8) is 0 Å². The molecule has 0 aliphatic rings. The van der Waals surface area contributed by atoms with Crippen LogP contribution < -0.4 is 5.32 Å². The van der Waals surface area contributed by atoms with Gasteiger partial charge in [-0.05, 0) is 36.2 Å². The lowest BCUT2D eigenvalue weighted by molar-refractivity contribution is 0.513. The molecule has 3 nitrogen and oxygen atoms in total. The molecule has 0 aliphatic carbocycles. The molecule has 1 N–H and O–H groups in total. The molecular weight excluding hydrogens is 236 g/mol. The van der Waals surface area contributed by atoms with Gasteiger partial charge in [0.15, 0.2) is 0 Å². The zero-order chi connectivity index (χ0) is 13.1. The Labute approximate surface area is 112 Å². The molecule has 96 valence electrons. The SMILES string of the molecule is Cc1cnccc1CNCc1cc2ccccc2o1. The van der Waals surface area contributed by atoms with Gasteiger partial charge < -0.3 is 9.73 Å². The quantitative estimate of drug-likeness (QED) is 0.773. The standard InChI is InChI=1S/C16H16N2O/c1-12-9-17-7-6-14(12)10-18-11-15-8-13-4-2-3-5-16(13)19-15/h2-9,18H,10-11H2,1H3. The maximum Gasteiger partial charge on any atom is 0.134 e. The fourth-order valence-electron chi connectivity index (χ4n) is 2.14. The first kappa shape index (κ1) is 11.9. The van der Waals surface area contributed by atoms with E-state index in [0.29, 0.717) is 0 Å². The number of furan rings is 1. The van der Waals surface area contributed by atoms with Crippen LogP contribution in [0.5, 0.6) is 0 Å². The number of pyridine rings is 1. The van der Waals surface area contributed by atoms with Crippen LogP contribution in [0.3, 0.4) is 0 Å². The van der Waals surface area contributed by atoms with E-state index in [1.807, 2.05) is 36.7 Å². The number of aromatic nitrogens is 1. The number of rotatable bonds is 4. The van der Waals surface area contributed by atoms with Crippen LogP contribution in [0.4, 0.5) is 0 Å². The van der Waals surface area contributed by atoms with Crippen LogP contribution in [0.25, 0.3) is 11.0 Å². The minimum Gasteiger partial charge on any atom is -0.460 e. The Bertz CT molecular complexity index is 655. The lowest BCUT2D eigenvalue weighted by Gasteiger charge is -2.05. The summed E-state index contributed by atoms with van der Waals surface area (Å²) in [5.74, 6) is 0.966. The highest BCUT2D eigenvalue weighted by Crippen LogP contribution is 2.18. The van der Waals surface area contributed by atoms with Gasteiger partial charge in [0, 0.05) is 24.3 Å². The molecule has 19 heavy (non-hydrogen) atoms. The van der Waals surface area contributed by atoms with Gasteiger partial charge in [0.05, 0.1) is 6.54 Å². The van der Waals surface area contributed by atoms with Gasteiger partial charge in [-0.2, -0.15) is 0 Å². The summed E-state index contributed by atoms with van der Waals surface area (Å²) in [6.45, 7) is 3.63. The van der Waals surface area contributed by atoms with E-state index >= 15 is 0 Å². The highest BCUT2D eigenvalue weighted by molar-refractivity contribution is 5.77. The van der Waals surface area contributed by atoms with E-state index < -0.39 is 0 Å². The Kier molecular flexibility index (Phi) is 3.29. The zero-order valence-corrected chi connectivity index (χ0v) is 10.9. The second-order valence-corrected chi connectivity index (χ2v) is 4.66. The maximum atomic E-state index is 5.76. The van der Waals surface area contributed by atoms with Gasteiger partial charge in [-0.25, -0.2) is 0 Å². The van der Waals surface area contributed by atoms with Crippen molar-refractivity contribution in [2.75, 3.05) is 0 Å². The molecule has 0 radical (unpaired) electrons. The predicted octanol–water partition coefficient (Wildman–Crippen LogP) is 3.43. The van der Waals surface area contributed by atoms with Gasteiger partial charge >= 0.3 is 0 Å². The fourth-order valence-corrected chi connectivity index (χ4v) is 2.14. The molecule has 0 bridgehead atoms. The average Bonchev–Trinajstić information content (AvgIpc) is 2.83. The van der Waals surface area contributed by atoms with Gasteiger partial charge in [-0.15, -0.1) is 0 Å². The number of benzene rings is 1. The minimum atomic E-state index is 0.733. The van der Waals surface area contributed by atoms with E-state index in [4.69, 9.17) is 4.42 Å². The summed E-state index contributed by atoms with van der Waals surface area (Å²) in [5.41, 5.74) is 3.42. The normalized spacial score (nSPS) is 11.0. The van der Waals surface area contributed by atoms with Gasteiger partial charge in [0.2, 0.25) is 0 Å². The van der Waals surface area contributed by atoms with Crippen molar-refractivity contribution in [2.45, 2.75) is 20.0 Å². The molecule has 2 aromatic heterocycles. The molecule has 0 aliphatic heterocycles. The third kappa shape index (κ3) is 2.66. The number of para-hydroxylation sites is 1. The molecule has 0 saturated heterocycles. The van der Waals surface area contributed by atoms with Crippen LogP contribution in [-0.2, 0) is 13.1 Å². The van der Waals surface area contributed by atoms with E-state index in [2.05, 4.69) is 29.4 Å². The van der Waals surface area contributed by atoms with E-state index in [1.165, 1.54) is 11.1 Å². The lowest BCUT2D eigenvalue weighted by Crippen LogP contribution is -2.13. The number of nitrogens with one attached hydrogen (secondary N) is 1. The van der Waals surface area contributed by atoms with E-state index in [0.717, 1.165) is 29.8 Å². The Morgan fingerprint density at radius 2 is 2.05 bits per heavy atom. The molecule has 0 amide bonds. The lowest BCUT2D eigenvalue weighted by atomic mass is 10.1. The van der Waals surface area contributed by atoms with Crippen molar-refractivity contribution in [3.05, 3.63) is 65.7 Å². The third-order valence-electron chi connectivity index (χ3n) is 3.23. The van der Waals surface area contributed by atoms with Gasteiger partial charge in [0.1, 0.15) is 11.3 Å². The molecule has 3 aromatic rings. The first-order valence-electron chi connectivity index (χ1n) is 6.40. The second kappa shape index (κ2) is 5.24. The Balaban J connectivity index is 1.65. The zero-order valence-electron chi connectivity index (χ0n) is 10.9. The number of hydrogen-bond acceptors (Lipinski definition) is 3. The van der Waals surface area contributed by atoms with Crippen LogP contribution in [0.2, 0.25) is 0 Å². The molecule has 3 rings (SSSR count). The Hall–Kier alpha value is -2.13. The molecule has 0 atom stereocenters. The molecule has 3 heteroatoms. The molecule has 0 unspecified atom stereocenters. The van der Waals surface area contributed by atoms with Crippen LogP contribution >= 0.6 is 0 Å². The third-order valence-corrected chi connectivity index (χ3v) is 3.23. The van der Waals surface area contributed by atoms with Crippen molar-refractivity contribution in [1.29, 1.82) is 0 Å². The summed E-state index contributed by atoms with van der Waals surface area (Å²) in [5, 5.41) is 4.55. The average molecular weight is 252 g/mol. The monoisotopic (exact) mass is 252 g/mol. The summed E-state index contributed by atoms with van der Waals surface area (Å²) in [4.78, 5) is 4.09. The number of nitrogens with zero attached hydrogens (tertiary/aromatic N) is 1. The van der Waals surface area contributed by atoms with Crippen LogP contribution in [-0.4, -0.2) is 4.98 Å². The molecule has 0 spiro atoms. The molecule has 1 aromatic carbocycles. The Morgan fingerprint density at radius 3 is 2.89 bits per heavy atom. The highest BCUT2D eigenvalue weighted by Gasteiger charge is 2.03. The van der Waals surface area contributed by atoms with Crippen LogP contribution in [0, 0.1) is 6.92 Å². The summed E-state index contributed by atoms with van der Waals surface area (Å²) >= 11 is 0. The van der Waals surface area contributed by atoms with Gasteiger partial charge in [0.25, 0.3) is 0 Å². The Morgan fingerprint density at radius 1 is 1.16 bits per heavy atom. The number of hydrogen-bond donors (Lipinski definition) is 1. The largest absolute Gasteiger partial charge is 0.460 e. The molecular formula is C16H16N2O. The summed E-state index contributed by atoms with van der Waals surface area (Å²) in [6.07, 6.45) is 3.71. The van der Waals surface area contributed by atoms with E-state index in [9.17, 15) is 0 Å². The number of fused-ring (bicyclic) bond motifs is 1. The van der Waals surface area contributed by atoms with Crippen molar-refractivity contribution < 1.29 is 4.42 Å².